The Balaban J connectivity index is 1.51. The lowest BCUT2D eigenvalue weighted by atomic mass is 10.1. The largest absolute Gasteiger partial charge is 0.497 e. The van der Waals surface area contributed by atoms with Gasteiger partial charge in [0, 0.05) is 17.4 Å². The number of nitrogens with zero attached hydrogens (tertiary/aromatic N) is 2. The van der Waals surface area contributed by atoms with Gasteiger partial charge in [-0.2, -0.15) is 13.2 Å². The van der Waals surface area contributed by atoms with Crippen LogP contribution in [0.5, 0.6) is 17.2 Å². The molecule has 0 atom stereocenters. The summed E-state index contributed by atoms with van der Waals surface area (Å²) < 4.78 is 61.8. The molecule has 242 valence electrons. The summed E-state index contributed by atoms with van der Waals surface area (Å²) in [5.41, 5.74) is 1.19. The lowest BCUT2D eigenvalue weighted by molar-refractivity contribution is -0.138. The summed E-state index contributed by atoms with van der Waals surface area (Å²) in [7, 11) is 1.52. The van der Waals surface area contributed by atoms with Crippen molar-refractivity contribution in [3.8, 4) is 45.6 Å². The molecule has 0 saturated carbocycles. The van der Waals surface area contributed by atoms with Gasteiger partial charge in [-0.1, -0.05) is 72.8 Å². The van der Waals surface area contributed by atoms with E-state index >= 15 is 0 Å². The summed E-state index contributed by atoms with van der Waals surface area (Å²) in [5.74, 6) is 0.0223. The number of methoxy groups -OCH3 is 1. The number of carboxylic acids is 1. The van der Waals surface area contributed by atoms with Crippen LogP contribution in [0.2, 0.25) is 0 Å². The molecule has 0 aliphatic rings. The number of imidazole rings is 1. The number of alkyl halides is 3. The van der Waals surface area contributed by atoms with Gasteiger partial charge in [0.2, 0.25) is 0 Å². The number of aromatic carboxylic acids is 1. The van der Waals surface area contributed by atoms with Crippen molar-refractivity contribution in [3.63, 3.8) is 0 Å². The van der Waals surface area contributed by atoms with E-state index in [4.69, 9.17) is 19.2 Å². The average molecular weight is 651 g/mol. The van der Waals surface area contributed by atoms with Crippen LogP contribution in [0.3, 0.4) is 0 Å². The molecule has 0 amide bonds. The first kappa shape index (κ1) is 31.9. The van der Waals surface area contributed by atoms with Gasteiger partial charge in [0.05, 0.1) is 29.5 Å². The predicted molar refractivity (Wildman–Crippen MR) is 174 cm³/mol. The van der Waals surface area contributed by atoms with E-state index in [-0.39, 0.29) is 24.7 Å². The molecule has 0 spiro atoms. The molecule has 0 aliphatic carbocycles. The molecule has 0 bridgehead atoms. The van der Waals surface area contributed by atoms with Crippen molar-refractivity contribution >= 4 is 5.97 Å². The Morgan fingerprint density at radius 3 is 1.96 bits per heavy atom. The SMILES string of the molecule is COc1ccc(OCc2ccccc2)c(-c2cn(-c3ccc(C(=O)O)c(C(F)(F)F)c3)c(-c3ccccc3OCc3ccccc3)n2)c1. The van der Waals surface area contributed by atoms with Crippen LogP contribution in [0.25, 0.3) is 28.3 Å². The van der Waals surface area contributed by atoms with Crippen molar-refractivity contribution in [2.24, 2.45) is 0 Å². The number of ether oxygens (including phenoxy) is 3. The molecule has 6 rings (SSSR count). The van der Waals surface area contributed by atoms with Gasteiger partial charge >= 0.3 is 12.1 Å². The highest BCUT2D eigenvalue weighted by molar-refractivity contribution is 5.90. The third-order valence-corrected chi connectivity index (χ3v) is 7.59. The van der Waals surface area contributed by atoms with E-state index in [1.807, 2.05) is 60.7 Å². The van der Waals surface area contributed by atoms with Crippen molar-refractivity contribution in [3.05, 3.63) is 150 Å². The van der Waals surface area contributed by atoms with E-state index in [2.05, 4.69) is 0 Å². The number of aromatic nitrogens is 2. The number of para-hydroxylation sites is 1. The van der Waals surface area contributed by atoms with Crippen LogP contribution in [-0.2, 0) is 19.4 Å². The number of halogens is 3. The quantitative estimate of drug-likeness (QED) is 0.151. The van der Waals surface area contributed by atoms with E-state index in [0.717, 1.165) is 23.3 Å². The second kappa shape index (κ2) is 13.8. The van der Waals surface area contributed by atoms with E-state index in [9.17, 15) is 23.1 Å². The van der Waals surface area contributed by atoms with Crippen molar-refractivity contribution in [1.29, 1.82) is 0 Å². The van der Waals surface area contributed by atoms with Gasteiger partial charge in [-0.05, 0) is 59.7 Å². The Kier molecular flexibility index (Phi) is 9.15. The molecule has 48 heavy (non-hydrogen) atoms. The van der Waals surface area contributed by atoms with Gasteiger partial charge in [-0.25, -0.2) is 9.78 Å². The van der Waals surface area contributed by atoms with E-state index in [0.29, 0.717) is 34.1 Å². The molecular weight excluding hydrogens is 621 g/mol. The van der Waals surface area contributed by atoms with Crippen molar-refractivity contribution in [1.82, 2.24) is 9.55 Å². The fourth-order valence-electron chi connectivity index (χ4n) is 5.21. The van der Waals surface area contributed by atoms with Crippen LogP contribution in [0.15, 0.2) is 128 Å². The minimum atomic E-state index is -4.92. The third-order valence-electron chi connectivity index (χ3n) is 7.59. The zero-order chi connectivity index (χ0) is 33.7. The van der Waals surface area contributed by atoms with Gasteiger partial charge in [-0.3, -0.25) is 4.57 Å². The zero-order valence-electron chi connectivity index (χ0n) is 25.6. The molecule has 0 radical (unpaired) electrons. The normalized spacial score (nSPS) is 11.2. The van der Waals surface area contributed by atoms with Crippen LogP contribution in [0, 0.1) is 0 Å². The monoisotopic (exact) mass is 650 g/mol. The molecule has 10 heteroatoms. The molecule has 0 unspecified atom stereocenters. The summed E-state index contributed by atoms with van der Waals surface area (Å²) in [6.45, 7) is 0.500. The van der Waals surface area contributed by atoms with Crippen LogP contribution >= 0.6 is 0 Å². The number of hydrogen-bond donors (Lipinski definition) is 1. The molecule has 0 aliphatic heterocycles. The molecule has 7 nitrogen and oxygen atoms in total. The second-order valence-electron chi connectivity index (χ2n) is 10.8. The summed E-state index contributed by atoms with van der Waals surface area (Å²) in [6.07, 6.45) is -3.33. The smallest absolute Gasteiger partial charge is 0.417 e. The maximum Gasteiger partial charge on any atom is 0.417 e. The summed E-state index contributed by atoms with van der Waals surface area (Å²) in [5, 5.41) is 9.52. The van der Waals surface area contributed by atoms with Crippen molar-refractivity contribution in [2.75, 3.05) is 7.11 Å². The lowest BCUT2D eigenvalue weighted by Crippen LogP contribution is -2.14. The fraction of sp³-hybridized carbons (Fsp3) is 0.105. The predicted octanol–water partition coefficient (Wildman–Crippen LogP) is 9.09. The molecule has 0 saturated heterocycles. The Labute approximate surface area is 274 Å². The highest BCUT2D eigenvalue weighted by atomic mass is 19.4. The molecule has 5 aromatic carbocycles. The topological polar surface area (TPSA) is 82.8 Å². The minimum Gasteiger partial charge on any atom is -0.497 e. The van der Waals surface area contributed by atoms with Gasteiger partial charge < -0.3 is 19.3 Å². The standard InChI is InChI=1S/C38H29F3N2O5/c1-46-28-17-19-35(48-24-26-12-6-3-7-13-26)31(21-28)33-22-43(27-16-18-29(37(44)45)32(20-27)38(39,40)41)36(42-33)30-14-8-9-15-34(30)47-23-25-10-4-2-5-11-25/h2-22H,23-24H2,1H3,(H,44,45). The van der Waals surface area contributed by atoms with E-state index < -0.39 is 23.3 Å². The average Bonchev–Trinajstić information content (AvgIpc) is 3.55. The number of hydrogen-bond acceptors (Lipinski definition) is 5. The number of carboxylic acid groups (broad SMARTS) is 1. The Bertz CT molecular complexity index is 2040. The maximum absolute atomic E-state index is 14.1. The maximum atomic E-state index is 14.1. The highest BCUT2D eigenvalue weighted by Gasteiger charge is 2.36. The number of carbonyl (C=O) groups is 1. The molecule has 6 aromatic rings. The molecule has 0 fully saturated rings. The molecule has 1 heterocycles. The van der Waals surface area contributed by atoms with Crippen LogP contribution in [-0.4, -0.2) is 27.7 Å². The van der Waals surface area contributed by atoms with Gasteiger partial charge in [0.1, 0.15) is 36.3 Å². The van der Waals surface area contributed by atoms with Crippen LogP contribution in [0.1, 0.15) is 27.0 Å². The number of rotatable bonds is 11. The van der Waals surface area contributed by atoms with Gasteiger partial charge in [0.15, 0.2) is 0 Å². The van der Waals surface area contributed by atoms with E-state index in [1.54, 1.807) is 48.7 Å². The third kappa shape index (κ3) is 7.02. The highest BCUT2D eigenvalue weighted by Crippen LogP contribution is 2.40. The second-order valence-corrected chi connectivity index (χ2v) is 10.8. The van der Waals surface area contributed by atoms with Crippen LogP contribution in [0.4, 0.5) is 13.2 Å². The first-order chi connectivity index (χ1) is 23.2. The fourth-order valence-corrected chi connectivity index (χ4v) is 5.21. The lowest BCUT2D eigenvalue weighted by Gasteiger charge is -2.15. The van der Waals surface area contributed by atoms with Crippen molar-refractivity contribution < 1.29 is 37.3 Å². The number of benzene rings is 5. The van der Waals surface area contributed by atoms with E-state index in [1.165, 1.54) is 17.7 Å². The Morgan fingerprint density at radius 1 is 0.750 bits per heavy atom. The Hall–Kier alpha value is -6.03. The first-order valence-corrected chi connectivity index (χ1v) is 14.9. The zero-order valence-corrected chi connectivity index (χ0v) is 25.6. The molecule has 1 aromatic heterocycles. The molecule has 1 N–H and O–H groups in total. The summed E-state index contributed by atoms with van der Waals surface area (Å²) >= 11 is 0. The summed E-state index contributed by atoms with van der Waals surface area (Å²) in [6, 6.07) is 34.5. The van der Waals surface area contributed by atoms with Crippen molar-refractivity contribution in [2.45, 2.75) is 19.4 Å². The van der Waals surface area contributed by atoms with Crippen LogP contribution < -0.4 is 14.2 Å². The minimum absolute atomic E-state index is 0.0496. The molecular formula is C38H29F3N2O5. The Morgan fingerprint density at radius 2 is 1.35 bits per heavy atom. The first-order valence-electron chi connectivity index (χ1n) is 14.9. The van der Waals surface area contributed by atoms with Gasteiger partial charge in [-0.15, -0.1) is 0 Å². The van der Waals surface area contributed by atoms with Gasteiger partial charge in [0.25, 0.3) is 0 Å². The summed E-state index contributed by atoms with van der Waals surface area (Å²) in [4.78, 5) is 16.7.